The van der Waals surface area contributed by atoms with Gasteiger partial charge in [0, 0.05) is 16.7 Å². The van der Waals surface area contributed by atoms with Gasteiger partial charge in [-0.05, 0) is 61.2 Å². The maximum Gasteiger partial charge on any atom is 0.253 e. The minimum absolute atomic E-state index is 0.0512. The molecular formula is C29H32BrN5O2. The Kier molecular flexibility index (Phi) is 7.80. The van der Waals surface area contributed by atoms with Crippen molar-refractivity contribution in [2.45, 2.75) is 45.9 Å². The van der Waals surface area contributed by atoms with Crippen molar-refractivity contribution < 1.29 is 9.59 Å². The highest BCUT2D eigenvalue weighted by molar-refractivity contribution is 9.10. The van der Waals surface area contributed by atoms with Crippen LogP contribution in [0.1, 0.15) is 54.1 Å². The zero-order valence-corrected chi connectivity index (χ0v) is 23.0. The monoisotopic (exact) mass is 561 g/mol. The van der Waals surface area contributed by atoms with Crippen LogP contribution in [0.3, 0.4) is 0 Å². The summed E-state index contributed by atoms with van der Waals surface area (Å²) in [5.74, 6) is 0.552. The molecule has 1 amide bonds. The number of fused-ring (bicyclic) bond motifs is 1. The maximum atomic E-state index is 13.7. The van der Waals surface area contributed by atoms with E-state index in [1.165, 1.54) is 0 Å². The van der Waals surface area contributed by atoms with Gasteiger partial charge in [0.05, 0.1) is 22.6 Å². The molecule has 0 unspecified atom stereocenters. The van der Waals surface area contributed by atoms with Crippen molar-refractivity contribution in [3.63, 3.8) is 0 Å². The van der Waals surface area contributed by atoms with Gasteiger partial charge in [0.15, 0.2) is 6.29 Å². The minimum Gasteiger partial charge on any atom is -0.361 e. The largest absolute Gasteiger partial charge is 0.361 e. The zero-order chi connectivity index (χ0) is 26.7. The first-order chi connectivity index (χ1) is 17.6. The number of nitrogens with one attached hydrogen (secondary N) is 2. The molecule has 0 saturated heterocycles. The third kappa shape index (κ3) is 6.09. The van der Waals surface area contributed by atoms with Crippen LogP contribution in [-0.2, 0) is 11.3 Å². The van der Waals surface area contributed by atoms with Gasteiger partial charge < -0.3 is 20.9 Å². The first-order valence-electron chi connectivity index (χ1n) is 12.2. The van der Waals surface area contributed by atoms with E-state index < -0.39 is 5.66 Å². The Hall–Kier alpha value is -3.49. The SMILES string of the molecule is Cc1ccc(C(=O)N[C@@H](c2nc3cc(Br)ccc3n2Cc2ccccc2)C(C)C)c(N[C@](C)(N)C=O)c1. The molecule has 0 aliphatic carbocycles. The van der Waals surface area contributed by atoms with Crippen molar-refractivity contribution in [3.8, 4) is 0 Å². The van der Waals surface area contributed by atoms with Crippen LogP contribution in [-0.4, -0.2) is 27.4 Å². The van der Waals surface area contributed by atoms with Crippen molar-refractivity contribution in [1.29, 1.82) is 0 Å². The van der Waals surface area contributed by atoms with Crippen LogP contribution in [0.2, 0.25) is 0 Å². The lowest BCUT2D eigenvalue weighted by Crippen LogP contribution is -2.46. The molecule has 37 heavy (non-hydrogen) atoms. The second-order valence-corrected chi connectivity index (χ2v) is 10.9. The van der Waals surface area contributed by atoms with E-state index in [9.17, 15) is 9.59 Å². The van der Waals surface area contributed by atoms with E-state index in [-0.39, 0.29) is 17.9 Å². The molecule has 0 bridgehead atoms. The van der Waals surface area contributed by atoms with E-state index in [1.54, 1.807) is 13.0 Å². The molecule has 4 aromatic rings. The Balaban J connectivity index is 1.75. The Morgan fingerprint density at radius 3 is 2.54 bits per heavy atom. The Morgan fingerprint density at radius 2 is 1.86 bits per heavy atom. The Bertz CT molecular complexity index is 1430. The third-order valence-corrected chi connectivity index (χ3v) is 6.72. The lowest BCUT2D eigenvalue weighted by atomic mass is 10.0. The molecule has 0 fully saturated rings. The molecule has 0 spiro atoms. The van der Waals surface area contributed by atoms with Crippen molar-refractivity contribution in [2.24, 2.45) is 11.7 Å². The van der Waals surface area contributed by atoms with Gasteiger partial charge in [0.2, 0.25) is 0 Å². The maximum absolute atomic E-state index is 13.7. The highest BCUT2D eigenvalue weighted by atomic mass is 79.9. The molecular weight excluding hydrogens is 530 g/mol. The highest BCUT2D eigenvalue weighted by Crippen LogP contribution is 2.30. The number of nitrogens with two attached hydrogens (primary N) is 1. The molecule has 0 radical (unpaired) electrons. The van der Waals surface area contributed by atoms with Crippen LogP contribution in [0, 0.1) is 12.8 Å². The average Bonchev–Trinajstić information content (AvgIpc) is 3.19. The summed E-state index contributed by atoms with van der Waals surface area (Å²) >= 11 is 3.55. The van der Waals surface area contributed by atoms with Crippen LogP contribution < -0.4 is 16.4 Å². The van der Waals surface area contributed by atoms with Crippen LogP contribution in [0.5, 0.6) is 0 Å². The number of hydrogen-bond acceptors (Lipinski definition) is 5. The van der Waals surface area contributed by atoms with Crippen molar-refractivity contribution >= 4 is 44.8 Å². The molecule has 4 rings (SSSR count). The Morgan fingerprint density at radius 1 is 1.14 bits per heavy atom. The van der Waals surface area contributed by atoms with E-state index in [0.717, 1.165) is 32.5 Å². The molecule has 0 aliphatic rings. The number of aryl methyl sites for hydroxylation is 1. The summed E-state index contributed by atoms with van der Waals surface area (Å²) in [5.41, 5.74) is 9.55. The van der Waals surface area contributed by atoms with Gasteiger partial charge in [-0.1, -0.05) is 66.2 Å². The summed E-state index contributed by atoms with van der Waals surface area (Å²) < 4.78 is 3.11. The fourth-order valence-electron chi connectivity index (χ4n) is 4.32. The van der Waals surface area contributed by atoms with Gasteiger partial charge in [-0.15, -0.1) is 0 Å². The second-order valence-electron chi connectivity index (χ2n) is 9.94. The standard InChI is InChI=1S/C29H32BrN5O2/c1-18(2)26(33-28(37)22-12-10-19(3)14-23(22)34-29(4,31)17-36)27-32-24-15-21(30)11-13-25(24)35(27)16-20-8-6-5-7-9-20/h5-15,17-18,26,34H,16,31H2,1-4H3,(H,33,37)/t26-,29+/m1/s1. The quantitative estimate of drug-likeness (QED) is 0.183. The van der Waals surface area contributed by atoms with E-state index in [1.807, 2.05) is 55.5 Å². The van der Waals surface area contributed by atoms with Crippen LogP contribution >= 0.6 is 15.9 Å². The molecule has 2 atom stereocenters. The minimum atomic E-state index is -1.31. The number of amides is 1. The summed E-state index contributed by atoms with van der Waals surface area (Å²) in [4.78, 5) is 30.1. The Labute approximate surface area is 225 Å². The number of halogens is 1. The number of nitrogens with zero attached hydrogens (tertiary/aromatic N) is 2. The fourth-order valence-corrected chi connectivity index (χ4v) is 4.67. The van der Waals surface area contributed by atoms with Gasteiger partial charge in [-0.3, -0.25) is 9.59 Å². The molecule has 1 heterocycles. The summed E-state index contributed by atoms with van der Waals surface area (Å²) in [5, 5.41) is 6.21. The summed E-state index contributed by atoms with van der Waals surface area (Å²) in [6.45, 7) is 8.22. The number of anilines is 1. The molecule has 0 saturated carbocycles. The van der Waals surface area contributed by atoms with Gasteiger partial charge in [-0.2, -0.15) is 0 Å². The number of aldehydes is 1. The molecule has 192 valence electrons. The highest BCUT2D eigenvalue weighted by Gasteiger charge is 2.27. The first-order valence-corrected chi connectivity index (χ1v) is 13.0. The fraction of sp³-hybridized carbons (Fsp3) is 0.276. The smallest absolute Gasteiger partial charge is 0.253 e. The number of carbonyl (C=O) groups excluding carboxylic acids is 2. The summed E-state index contributed by atoms with van der Waals surface area (Å²) in [7, 11) is 0. The number of rotatable bonds is 9. The third-order valence-electron chi connectivity index (χ3n) is 6.22. The molecule has 8 heteroatoms. The van der Waals surface area contributed by atoms with E-state index in [2.05, 4.69) is 57.1 Å². The molecule has 3 aromatic carbocycles. The van der Waals surface area contributed by atoms with Crippen LogP contribution in [0.25, 0.3) is 11.0 Å². The van der Waals surface area contributed by atoms with Crippen molar-refractivity contribution in [2.75, 3.05) is 5.32 Å². The average molecular weight is 563 g/mol. The molecule has 7 nitrogen and oxygen atoms in total. The van der Waals surface area contributed by atoms with Crippen LogP contribution in [0.15, 0.2) is 71.2 Å². The predicted octanol–water partition coefficient (Wildman–Crippen LogP) is 5.57. The van der Waals surface area contributed by atoms with Gasteiger partial charge >= 0.3 is 0 Å². The number of benzene rings is 3. The van der Waals surface area contributed by atoms with Crippen LogP contribution in [0.4, 0.5) is 5.69 Å². The van der Waals surface area contributed by atoms with E-state index in [0.29, 0.717) is 24.1 Å². The summed E-state index contributed by atoms with van der Waals surface area (Å²) in [6, 6.07) is 21.3. The number of hydrogen-bond donors (Lipinski definition) is 3. The number of carbonyl (C=O) groups is 2. The van der Waals surface area contributed by atoms with Gasteiger partial charge in [0.25, 0.3) is 5.91 Å². The molecule has 0 aliphatic heterocycles. The first kappa shape index (κ1) is 26.6. The second kappa shape index (κ2) is 10.9. The predicted molar refractivity (Wildman–Crippen MR) is 151 cm³/mol. The van der Waals surface area contributed by atoms with Crippen molar-refractivity contribution in [1.82, 2.24) is 14.9 Å². The number of imidazole rings is 1. The van der Waals surface area contributed by atoms with Crippen molar-refractivity contribution in [3.05, 3.63) is 93.7 Å². The lowest BCUT2D eigenvalue weighted by molar-refractivity contribution is -0.111. The van der Waals surface area contributed by atoms with E-state index >= 15 is 0 Å². The molecule has 1 aromatic heterocycles. The van der Waals surface area contributed by atoms with E-state index in [4.69, 9.17) is 10.7 Å². The normalized spacial score (nSPS) is 13.8. The zero-order valence-electron chi connectivity index (χ0n) is 21.5. The summed E-state index contributed by atoms with van der Waals surface area (Å²) in [6.07, 6.45) is 0.623. The topological polar surface area (TPSA) is 102 Å². The molecule has 4 N–H and O–H groups in total. The number of aromatic nitrogens is 2. The van der Waals surface area contributed by atoms with Gasteiger partial charge in [0.1, 0.15) is 11.5 Å². The van der Waals surface area contributed by atoms with Gasteiger partial charge in [-0.25, -0.2) is 4.98 Å². The lowest BCUT2D eigenvalue weighted by Gasteiger charge is -2.26.